The predicted molar refractivity (Wildman–Crippen MR) is 104 cm³/mol. The molecule has 134 valence electrons. The van der Waals surface area contributed by atoms with Gasteiger partial charge in [-0.25, -0.2) is 4.68 Å². The van der Waals surface area contributed by atoms with E-state index < -0.39 is 0 Å². The van der Waals surface area contributed by atoms with Gasteiger partial charge in [0.1, 0.15) is 0 Å². The Morgan fingerprint density at radius 1 is 1.15 bits per heavy atom. The van der Waals surface area contributed by atoms with E-state index in [1.165, 1.54) is 18.5 Å². The second-order valence-corrected chi connectivity index (χ2v) is 6.52. The smallest absolute Gasteiger partial charge is 0.228 e. The number of aryl methyl sites for hydroxylation is 1. The number of carbonyl (C=O) groups is 1. The van der Waals surface area contributed by atoms with Crippen molar-refractivity contribution in [1.82, 2.24) is 14.8 Å². The van der Waals surface area contributed by atoms with Crippen LogP contribution < -0.4 is 5.32 Å². The monoisotopic (exact) mass is 368 g/mol. The normalized spacial score (nSPS) is 13.1. The van der Waals surface area contributed by atoms with Gasteiger partial charge >= 0.3 is 0 Å². The Morgan fingerprint density at radius 2 is 1.85 bits per heavy atom. The second kappa shape index (κ2) is 7.70. The lowest BCUT2D eigenvalue weighted by Crippen LogP contribution is -2.14. The number of nitrogens with zero attached hydrogens (tertiary/aromatic N) is 3. The second-order valence-electron chi connectivity index (χ2n) is 6.52. The van der Waals surface area contributed by atoms with Crippen molar-refractivity contribution in [3.8, 4) is 5.69 Å². The van der Waals surface area contributed by atoms with E-state index in [4.69, 9.17) is 0 Å². The summed E-state index contributed by atoms with van der Waals surface area (Å²) in [5.74, 6) is 0.605. The quantitative estimate of drug-likeness (QED) is 0.738. The molecule has 0 spiro atoms. The highest BCUT2D eigenvalue weighted by Gasteiger charge is 2.28. The minimum atomic E-state index is -0.0347. The van der Waals surface area contributed by atoms with Crippen molar-refractivity contribution in [2.24, 2.45) is 0 Å². The number of nitrogens with one attached hydrogen (secondary N) is 1. The number of anilines is 1. The molecule has 1 fully saturated rings. The van der Waals surface area contributed by atoms with Crippen molar-refractivity contribution in [3.05, 3.63) is 71.8 Å². The molecule has 1 aliphatic rings. The summed E-state index contributed by atoms with van der Waals surface area (Å²) in [5, 5.41) is 7.55. The molecule has 0 atom stereocenters. The molecule has 5 nitrogen and oxygen atoms in total. The van der Waals surface area contributed by atoms with Crippen LogP contribution in [-0.4, -0.2) is 20.7 Å². The van der Waals surface area contributed by atoms with E-state index >= 15 is 0 Å². The van der Waals surface area contributed by atoms with E-state index in [0.717, 1.165) is 22.6 Å². The van der Waals surface area contributed by atoms with Crippen LogP contribution in [0.4, 0.5) is 5.69 Å². The molecule has 0 saturated heterocycles. The van der Waals surface area contributed by atoms with Crippen molar-refractivity contribution in [1.29, 1.82) is 0 Å². The van der Waals surface area contributed by atoms with E-state index in [9.17, 15) is 4.79 Å². The van der Waals surface area contributed by atoms with Crippen molar-refractivity contribution in [3.63, 3.8) is 0 Å². The summed E-state index contributed by atoms with van der Waals surface area (Å²) < 4.78 is 2.02. The van der Waals surface area contributed by atoms with Crippen molar-refractivity contribution in [2.45, 2.75) is 32.1 Å². The molecule has 0 bridgehead atoms. The van der Waals surface area contributed by atoms with Crippen LogP contribution in [0.3, 0.4) is 0 Å². The first kappa shape index (κ1) is 18.1. The lowest BCUT2D eigenvalue weighted by Gasteiger charge is -2.09. The molecule has 6 heteroatoms. The first-order valence-corrected chi connectivity index (χ1v) is 8.55. The highest BCUT2D eigenvalue weighted by Crippen LogP contribution is 2.41. The average molecular weight is 369 g/mol. The number of hydrogen-bond donors (Lipinski definition) is 1. The van der Waals surface area contributed by atoms with Crippen LogP contribution in [0.15, 0.2) is 54.9 Å². The molecule has 2 heterocycles. The lowest BCUT2D eigenvalue weighted by molar-refractivity contribution is -0.115. The van der Waals surface area contributed by atoms with Crippen LogP contribution in [-0.2, 0) is 11.2 Å². The van der Waals surface area contributed by atoms with Crippen molar-refractivity contribution >= 4 is 24.0 Å². The number of carbonyl (C=O) groups excluding carboxylic acids is 1. The summed E-state index contributed by atoms with van der Waals surface area (Å²) in [4.78, 5) is 16.1. The predicted octanol–water partition coefficient (Wildman–Crippen LogP) is 4.06. The fourth-order valence-corrected chi connectivity index (χ4v) is 2.97. The topological polar surface area (TPSA) is 59.8 Å². The third kappa shape index (κ3) is 4.11. The first-order valence-electron chi connectivity index (χ1n) is 8.55. The van der Waals surface area contributed by atoms with E-state index in [2.05, 4.69) is 21.5 Å². The Morgan fingerprint density at radius 3 is 2.50 bits per heavy atom. The van der Waals surface area contributed by atoms with Gasteiger partial charge in [-0.15, -0.1) is 12.4 Å². The first-order chi connectivity index (χ1) is 12.2. The zero-order valence-electron chi connectivity index (χ0n) is 14.6. The molecule has 1 N–H and O–H groups in total. The van der Waals surface area contributed by atoms with Gasteiger partial charge in [0.15, 0.2) is 0 Å². The van der Waals surface area contributed by atoms with Crippen molar-refractivity contribution < 1.29 is 4.79 Å². The minimum absolute atomic E-state index is 0. The fraction of sp³-hybridized carbons (Fsp3) is 0.250. The van der Waals surface area contributed by atoms with Gasteiger partial charge in [0, 0.05) is 29.7 Å². The molecule has 1 amide bonds. The Bertz CT molecular complexity index is 886. The maximum atomic E-state index is 12.1. The van der Waals surface area contributed by atoms with Crippen molar-refractivity contribution in [2.75, 3.05) is 5.32 Å². The molecule has 1 aliphatic carbocycles. The van der Waals surface area contributed by atoms with Gasteiger partial charge in [0.05, 0.1) is 17.8 Å². The van der Waals surface area contributed by atoms with Gasteiger partial charge in [-0.1, -0.05) is 0 Å². The molecule has 0 radical (unpaired) electrons. The maximum absolute atomic E-state index is 12.1. The summed E-state index contributed by atoms with van der Waals surface area (Å²) in [7, 11) is 0. The Balaban J connectivity index is 0.00000196. The average Bonchev–Trinajstić information content (AvgIpc) is 3.38. The standard InChI is InChI=1S/C20H20N4O.ClH/c1-14-12-19(16-2-3-16)24(23-14)18-6-4-17(5-7-18)22-20(25)13-15-8-10-21-11-9-15;/h4-12,16H,2-3,13H2,1H3,(H,22,25);1H. The molecular weight excluding hydrogens is 348 g/mol. The van der Waals surface area contributed by atoms with Crippen LogP contribution in [0.2, 0.25) is 0 Å². The lowest BCUT2D eigenvalue weighted by atomic mass is 10.2. The van der Waals surface area contributed by atoms with Gasteiger partial charge in [-0.05, 0) is 67.8 Å². The molecule has 4 rings (SSSR count). The van der Waals surface area contributed by atoms with Crippen LogP contribution in [0.25, 0.3) is 5.69 Å². The number of halogens is 1. The molecule has 26 heavy (non-hydrogen) atoms. The van der Waals surface area contributed by atoms with Gasteiger partial charge in [-0.3, -0.25) is 9.78 Å². The zero-order chi connectivity index (χ0) is 17.2. The number of amides is 1. The molecule has 1 saturated carbocycles. The summed E-state index contributed by atoms with van der Waals surface area (Å²) in [6.07, 6.45) is 6.22. The van der Waals surface area contributed by atoms with Gasteiger partial charge < -0.3 is 5.32 Å². The number of hydrogen-bond acceptors (Lipinski definition) is 3. The van der Waals surface area contributed by atoms with E-state index in [0.29, 0.717) is 12.3 Å². The van der Waals surface area contributed by atoms with Gasteiger partial charge in [0.25, 0.3) is 0 Å². The molecule has 0 aliphatic heterocycles. The molecule has 3 aromatic rings. The number of rotatable bonds is 5. The summed E-state index contributed by atoms with van der Waals surface area (Å²) in [6.45, 7) is 2.02. The maximum Gasteiger partial charge on any atom is 0.228 e. The molecule has 2 aromatic heterocycles. The number of aromatic nitrogens is 3. The summed E-state index contributed by atoms with van der Waals surface area (Å²) >= 11 is 0. The Hall–Kier alpha value is -2.66. The van der Waals surface area contributed by atoms with Gasteiger partial charge in [-0.2, -0.15) is 5.10 Å². The fourth-order valence-electron chi connectivity index (χ4n) is 2.97. The SMILES string of the molecule is Cc1cc(C2CC2)n(-c2ccc(NC(=O)Cc3ccncc3)cc2)n1.Cl. The van der Waals surface area contributed by atoms with Crippen LogP contribution in [0.1, 0.15) is 35.7 Å². The van der Waals surface area contributed by atoms with E-state index in [1.54, 1.807) is 12.4 Å². The van der Waals surface area contributed by atoms with E-state index in [-0.39, 0.29) is 18.3 Å². The molecular formula is C20H21ClN4O. The third-order valence-corrected chi connectivity index (χ3v) is 4.36. The largest absolute Gasteiger partial charge is 0.326 e. The Labute approximate surface area is 158 Å². The van der Waals surface area contributed by atoms with Crippen LogP contribution >= 0.6 is 12.4 Å². The van der Waals surface area contributed by atoms with E-state index in [1.807, 2.05) is 48.0 Å². The summed E-state index contributed by atoms with van der Waals surface area (Å²) in [6, 6.07) is 13.7. The third-order valence-electron chi connectivity index (χ3n) is 4.36. The minimum Gasteiger partial charge on any atom is -0.326 e. The van der Waals surface area contributed by atoms with Crippen LogP contribution in [0.5, 0.6) is 0 Å². The van der Waals surface area contributed by atoms with Gasteiger partial charge in [0.2, 0.25) is 5.91 Å². The highest BCUT2D eigenvalue weighted by atomic mass is 35.5. The number of pyridine rings is 1. The van der Waals surface area contributed by atoms with Crippen LogP contribution in [0, 0.1) is 6.92 Å². The zero-order valence-corrected chi connectivity index (χ0v) is 15.4. The molecule has 0 unspecified atom stereocenters. The molecule has 1 aromatic carbocycles. The Kier molecular flexibility index (Phi) is 5.38. The summed E-state index contributed by atoms with van der Waals surface area (Å²) in [5.41, 5.74) is 5.09. The highest BCUT2D eigenvalue weighted by molar-refractivity contribution is 5.92. The number of benzene rings is 1.